The maximum absolute atomic E-state index is 12.7. The average Bonchev–Trinajstić information content (AvgIpc) is 3.14. The van der Waals surface area contributed by atoms with Gasteiger partial charge < -0.3 is 9.15 Å². The maximum atomic E-state index is 12.7. The van der Waals surface area contributed by atoms with Crippen molar-refractivity contribution in [3.8, 4) is 0 Å². The van der Waals surface area contributed by atoms with Gasteiger partial charge in [-0.05, 0) is 31.0 Å². The Morgan fingerprint density at radius 1 is 1.13 bits per heavy atom. The van der Waals surface area contributed by atoms with Crippen molar-refractivity contribution in [3.05, 3.63) is 76.3 Å². The molecular formula is C23H20N2O5. The van der Waals surface area contributed by atoms with Crippen LogP contribution in [0.1, 0.15) is 29.8 Å². The Labute approximate surface area is 171 Å². The number of ether oxygens (including phenoxy) is 1. The van der Waals surface area contributed by atoms with Crippen molar-refractivity contribution >= 4 is 33.8 Å². The van der Waals surface area contributed by atoms with Gasteiger partial charge in [0, 0.05) is 10.9 Å². The maximum Gasteiger partial charge on any atom is 0.326 e. The number of furan rings is 1. The van der Waals surface area contributed by atoms with Crippen molar-refractivity contribution in [2.45, 2.75) is 32.9 Å². The van der Waals surface area contributed by atoms with E-state index in [2.05, 4.69) is 4.98 Å². The first-order chi connectivity index (χ1) is 14.5. The molecule has 1 atom stereocenters. The van der Waals surface area contributed by atoms with Crippen molar-refractivity contribution in [1.82, 2.24) is 9.55 Å². The highest BCUT2D eigenvalue weighted by molar-refractivity contribution is 6.02. The van der Waals surface area contributed by atoms with E-state index < -0.39 is 17.6 Å². The van der Waals surface area contributed by atoms with Crippen molar-refractivity contribution in [3.63, 3.8) is 0 Å². The number of nitrogens with zero attached hydrogens (tertiary/aromatic N) is 2. The molecule has 30 heavy (non-hydrogen) atoms. The van der Waals surface area contributed by atoms with Gasteiger partial charge in [0.1, 0.15) is 17.6 Å². The second-order valence-electron chi connectivity index (χ2n) is 7.00. The summed E-state index contributed by atoms with van der Waals surface area (Å²) in [6.45, 7) is 3.17. The molecule has 0 N–H and O–H groups in total. The third-order valence-electron chi connectivity index (χ3n) is 4.97. The molecule has 0 bridgehead atoms. The lowest BCUT2D eigenvalue weighted by molar-refractivity contribution is -0.147. The van der Waals surface area contributed by atoms with Crippen LogP contribution in [0.25, 0.3) is 22.1 Å². The topological polar surface area (TPSA) is 91.4 Å². The van der Waals surface area contributed by atoms with Crippen LogP contribution in [0.2, 0.25) is 0 Å². The van der Waals surface area contributed by atoms with Gasteiger partial charge in [-0.25, -0.2) is 4.98 Å². The van der Waals surface area contributed by atoms with E-state index in [0.29, 0.717) is 16.7 Å². The first-order valence-electron chi connectivity index (χ1n) is 9.67. The molecule has 2 aromatic heterocycles. The number of hydrogen-bond acceptors (Lipinski definition) is 6. The SMILES string of the molecule is CCc1ccc(C(=O)C(C)OC(=O)Cn2cnc3c(oc4ccccc43)c2=O)cc1. The van der Waals surface area contributed by atoms with Crippen LogP contribution in [0.5, 0.6) is 0 Å². The summed E-state index contributed by atoms with van der Waals surface area (Å²) >= 11 is 0. The summed E-state index contributed by atoms with van der Waals surface area (Å²) in [5, 5.41) is 0.729. The van der Waals surface area contributed by atoms with E-state index >= 15 is 0 Å². The number of para-hydroxylation sites is 1. The van der Waals surface area contributed by atoms with Crippen molar-refractivity contribution in [2.75, 3.05) is 0 Å². The molecule has 0 spiro atoms. The number of aromatic nitrogens is 2. The van der Waals surface area contributed by atoms with Crippen molar-refractivity contribution in [2.24, 2.45) is 0 Å². The molecule has 1 unspecified atom stereocenters. The molecule has 2 aromatic carbocycles. The average molecular weight is 404 g/mol. The number of hydrogen-bond donors (Lipinski definition) is 0. The minimum absolute atomic E-state index is 0.0756. The van der Waals surface area contributed by atoms with Gasteiger partial charge >= 0.3 is 5.97 Å². The summed E-state index contributed by atoms with van der Waals surface area (Å²) in [6, 6.07) is 14.4. The molecule has 0 aliphatic rings. The number of fused-ring (bicyclic) bond motifs is 3. The Bertz CT molecular complexity index is 1300. The van der Waals surface area contributed by atoms with Gasteiger partial charge in [0.2, 0.25) is 11.4 Å². The van der Waals surface area contributed by atoms with Crippen LogP contribution in [0.15, 0.2) is 64.1 Å². The molecule has 0 saturated heterocycles. The normalized spacial score (nSPS) is 12.2. The molecule has 152 valence electrons. The second kappa shape index (κ2) is 7.94. The zero-order valence-electron chi connectivity index (χ0n) is 16.6. The van der Waals surface area contributed by atoms with Crippen LogP contribution in [0.3, 0.4) is 0 Å². The Balaban J connectivity index is 1.49. The summed E-state index contributed by atoms with van der Waals surface area (Å²) in [5.74, 6) is -1.01. The summed E-state index contributed by atoms with van der Waals surface area (Å²) in [4.78, 5) is 41.8. The van der Waals surface area contributed by atoms with E-state index in [4.69, 9.17) is 9.15 Å². The van der Waals surface area contributed by atoms with Crippen LogP contribution < -0.4 is 5.56 Å². The number of aryl methyl sites for hydroxylation is 1. The van der Waals surface area contributed by atoms with Crippen LogP contribution >= 0.6 is 0 Å². The van der Waals surface area contributed by atoms with E-state index in [1.165, 1.54) is 13.3 Å². The smallest absolute Gasteiger partial charge is 0.326 e. The highest BCUT2D eigenvalue weighted by Gasteiger charge is 2.21. The molecule has 7 nitrogen and oxygen atoms in total. The lowest BCUT2D eigenvalue weighted by Crippen LogP contribution is -2.30. The minimum Gasteiger partial charge on any atom is -0.453 e. The van der Waals surface area contributed by atoms with E-state index in [1.807, 2.05) is 31.2 Å². The van der Waals surface area contributed by atoms with Gasteiger partial charge in [0.15, 0.2) is 6.10 Å². The fourth-order valence-corrected chi connectivity index (χ4v) is 3.29. The first-order valence-corrected chi connectivity index (χ1v) is 9.67. The van der Waals surface area contributed by atoms with Crippen molar-refractivity contribution in [1.29, 1.82) is 0 Å². The third kappa shape index (κ3) is 3.61. The highest BCUT2D eigenvalue weighted by atomic mass is 16.5. The fraction of sp³-hybridized carbons (Fsp3) is 0.217. The van der Waals surface area contributed by atoms with Gasteiger partial charge in [0.25, 0.3) is 5.56 Å². The Morgan fingerprint density at radius 2 is 1.87 bits per heavy atom. The summed E-state index contributed by atoms with van der Waals surface area (Å²) < 4.78 is 12.0. The molecule has 2 heterocycles. The van der Waals surface area contributed by atoms with E-state index in [1.54, 1.807) is 24.3 Å². The van der Waals surface area contributed by atoms with Crippen molar-refractivity contribution < 1.29 is 18.7 Å². The zero-order chi connectivity index (χ0) is 21.3. The van der Waals surface area contributed by atoms with Gasteiger partial charge in [-0.3, -0.25) is 19.0 Å². The van der Waals surface area contributed by atoms with Gasteiger partial charge in [-0.1, -0.05) is 43.3 Å². The number of benzene rings is 2. The van der Waals surface area contributed by atoms with Gasteiger partial charge in [0.05, 0.1) is 6.33 Å². The van der Waals surface area contributed by atoms with Crippen LogP contribution in [0.4, 0.5) is 0 Å². The van der Waals surface area contributed by atoms with Crippen LogP contribution in [-0.2, 0) is 22.5 Å². The molecule has 0 fully saturated rings. The second-order valence-corrected chi connectivity index (χ2v) is 7.00. The number of carbonyl (C=O) groups excluding carboxylic acids is 2. The molecule has 0 aliphatic heterocycles. The number of rotatable bonds is 6. The van der Waals surface area contributed by atoms with Crippen LogP contribution in [-0.4, -0.2) is 27.4 Å². The summed E-state index contributed by atoms with van der Waals surface area (Å²) in [5.41, 5.74) is 2.16. The summed E-state index contributed by atoms with van der Waals surface area (Å²) in [7, 11) is 0. The molecule has 4 aromatic rings. The monoisotopic (exact) mass is 404 g/mol. The lowest BCUT2D eigenvalue weighted by Gasteiger charge is -2.13. The predicted octanol–water partition coefficient (Wildman–Crippen LogP) is 3.52. The van der Waals surface area contributed by atoms with E-state index in [9.17, 15) is 14.4 Å². The molecule has 0 radical (unpaired) electrons. The Hall–Kier alpha value is -3.74. The molecule has 4 rings (SSSR count). The first kappa shape index (κ1) is 19.6. The number of ketones is 1. The Kier molecular flexibility index (Phi) is 5.18. The van der Waals surface area contributed by atoms with Gasteiger partial charge in [-0.2, -0.15) is 0 Å². The van der Waals surface area contributed by atoms with Gasteiger partial charge in [-0.15, -0.1) is 0 Å². The lowest BCUT2D eigenvalue weighted by atomic mass is 10.0. The minimum atomic E-state index is -0.969. The summed E-state index contributed by atoms with van der Waals surface area (Å²) in [6.07, 6.45) is 1.19. The standard InChI is InChI=1S/C23H20N2O5/c1-3-15-8-10-16(11-9-15)21(27)14(2)29-19(26)12-25-13-24-20-17-6-4-5-7-18(17)30-22(20)23(25)28/h4-11,13-14H,3,12H2,1-2H3. The quantitative estimate of drug-likeness (QED) is 0.361. The number of carbonyl (C=O) groups is 2. The van der Waals surface area contributed by atoms with E-state index in [0.717, 1.165) is 21.9 Å². The fourth-order valence-electron chi connectivity index (χ4n) is 3.29. The molecule has 0 aliphatic carbocycles. The number of esters is 1. The molecule has 7 heteroatoms. The third-order valence-corrected chi connectivity index (χ3v) is 4.97. The predicted molar refractivity (Wildman–Crippen MR) is 111 cm³/mol. The highest BCUT2D eigenvalue weighted by Crippen LogP contribution is 2.24. The number of Topliss-reactive ketones (excluding diaryl/α,β-unsaturated/α-hetero) is 1. The van der Waals surface area contributed by atoms with E-state index in [-0.39, 0.29) is 17.9 Å². The Morgan fingerprint density at radius 3 is 2.60 bits per heavy atom. The van der Waals surface area contributed by atoms with Crippen LogP contribution in [0, 0.1) is 0 Å². The molecular weight excluding hydrogens is 384 g/mol. The molecule has 0 saturated carbocycles. The zero-order valence-corrected chi connectivity index (χ0v) is 16.6. The molecule has 0 amide bonds. The largest absolute Gasteiger partial charge is 0.453 e.